The largest absolute Gasteiger partial charge is 0.496 e. The van der Waals surface area contributed by atoms with E-state index in [0.29, 0.717) is 57.3 Å². The molecule has 0 N–H and O–H groups in total. The minimum Gasteiger partial charge on any atom is -0.496 e. The zero-order chi connectivity index (χ0) is 22.0. The summed E-state index contributed by atoms with van der Waals surface area (Å²) in [6.07, 6.45) is 1.96. The fourth-order valence-corrected chi connectivity index (χ4v) is 4.73. The van der Waals surface area contributed by atoms with Gasteiger partial charge in [0.25, 0.3) is 0 Å². The van der Waals surface area contributed by atoms with Crippen LogP contribution in [-0.2, 0) is 21.4 Å². The summed E-state index contributed by atoms with van der Waals surface area (Å²) in [6.45, 7) is 2.41. The predicted octanol–water partition coefficient (Wildman–Crippen LogP) is 3.34. The molecule has 2 aliphatic heterocycles. The summed E-state index contributed by atoms with van der Waals surface area (Å²) in [5.74, 6) is 2.28. The van der Waals surface area contributed by atoms with Gasteiger partial charge in [0.1, 0.15) is 5.75 Å². The van der Waals surface area contributed by atoms with Gasteiger partial charge in [-0.2, -0.15) is 4.98 Å². The van der Waals surface area contributed by atoms with Crippen LogP contribution in [0.3, 0.4) is 0 Å². The Balaban J connectivity index is 1.26. The van der Waals surface area contributed by atoms with Crippen LogP contribution in [0.2, 0.25) is 0 Å². The summed E-state index contributed by atoms with van der Waals surface area (Å²) in [5.41, 5.74) is 1.58. The number of carbonyl (C=O) groups excluding carboxylic acids is 1. The number of carbonyl (C=O) groups is 1. The molecular weight excluding hydrogens is 406 g/mol. The number of nitrogens with zero attached hydrogens (tertiary/aromatic N) is 3. The van der Waals surface area contributed by atoms with E-state index in [1.54, 1.807) is 7.11 Å². The second kappa shape index (κ2) is 8.74. The Morgan fingerprint density at radius 1 is 1.09 bits per heavy atom. The molecule has 0 saturated carbocycles. The molecule has 7 heteroatoms. The first-order valence-electron chi connectivity index (χ1n) is 11.1. The van der Waals surface area contributed by atoms with E-state index in [4.69, 9.17) is 14.0 Å². The highest BCUT2D eigenvalue weighted by atomic mass is 16.5. The van der Waals surface area contributed by atoms with Crippen molar-refractivity contribution in [2.45, 2.75) is 30.6 Å². The smallest absolute Gasteiger partial charge is 0.233 e. The number of ether oxygens (including phenoxy) is 2. The maximum atomic E-state index is 13.6. The molecule has 0 atom stereocenters. The Hall–Kier alpha value is -3.19. The van der Waals surface area contributed by atoms with Crippen molar-refractivity contribution in [3.63, 3.8) is 0 Å². The van der Waals surface area contributed by atoms with Crippen LogP contribution < -0.4 is 4.74 Å². The van der Waals surface area contributed by atoms with Gasteiger partial charge in [0, 0.05) is 38.3 Å². The molecule has 7 nitrogen and oxygen atoms in total. The van der Waals surface area contributed by atoms with Crippen molar-refractivity contribution in [3.8, 4) is 5.75 Å². The number of aromatic nitrogens is 2. The molecule has 5 rings (SSSR count). The minimum atomic E-state index is -0.506. The Morgan fingerprint density at radius 3 is 2.56 bits per heavy atom. The molecule has 32 heavy (non-hydrogen) atoms. The average molecular weight is 434 g/mol. The minimum absolute atomic E-state index is 0.0746. The highest BCUT2D eigenvalue weighted by molar-refractivity contribution is 5.89. The highest BCUT2D eigenvalue weighted by Gasteiger charge is 2.48. The van der Waals surface area contributed by atoms with Crippen molar-refractivity contribution in [2.75, 3.05) is 33.4 Å². The molecule has 0 bridgehead atoms. The quantitative estimate of drug-likeness (QED) is 0.593. The first-order chi connectivity index (χ1) is 15.7. The molecule has 2 fully saturated rings. The van der Waals surface area contributed by atoms with E-state index in [9.17, 15) is 4.79 Å². The molecule has 3 heterocycles. The highest BCUT2D eigenvalue weighted by Crippen LogP contribution is 2.39. The summed E-state index contributed by atoms with van der Waals surface area (Å²) in [7, 11) is 1.65. The lowest BCUT2D eigenvalue weighted by atomic mass is 9.72. The standard InChI is InChI=1S/C25H27N3O4/c1-30-21-10-6-5-7-18(21)15-22-26-23(32-27-22)19-16-28(17-19)24(29)25(11-13-31-14-12-25)20-8-3-2-4-9-20/h2-10,19H,11-17H2,1H3. The van der Waals surface area contributed by atoms with Gasteiger partial charge >= 0.3 is 0 Å². The van der Waals surface area contributed by atoms with Gasteiger partial charge in [-0.25, -0.2) is 0 Å². The van der Waals surface area contributed by atoms with Crippen LogP contribution in [-0.4, -0.2) is 54.4 Å². The number of hydrogen-bond acceptors (Lipinski definition) is 6. The zero-order valence-electron chi connectivity index (χ0n) is 18.2. The third-order valence-corrected chi connectivity index (χ3v) is 6.62. The van der Waals surface area contributed by atoms with Crippen molar-refractivity contribution >= 4 is 5.91 Å². The molecule has 0 radical (unpaired) electrons. The Morgan fingerprint density at radius 2 is 1.81 bits per heavy atom. The van der Waals surface area contributed by atoms with Crippen molar-refractivity contribution in [3.05, 3.63) is 77.4 Å². The number of likely N-dealkylation sites (tertiary alicyclic amines) is 1. The molecule has 166 valence electrons. The zero-order valence-corrected chi connectivity index (χ0v) is 18.2. The normalized spacial score (nSPS) is 18.2. The van der Waals surface area contributed by atoms with Crippen LogP contribution in [0.15, 0.2) is 59.1 Å². The maximum absolute atomic E-state index is 13.6. The van der Waals surface area contributed by atoms with E-state index in [-0.39, 0.29) is 11.8 Å². The van der Waals surface area contributed by atoms with Crippen LogP contribution in [0, 0.1) is 0 Å². The molecule has 3 aromatic rings. The second-order valence-corrected chi connectivity index (χ2v) is 8.51. The van der Waals surface area contributed by atoms with Gasteiger partial charge in [-0.15, -0.1) is 0 Å². The maximum Gasteiger partial charge on any atom is 0.233 e. The summed E-state index contributed by atoms with van der Waals surface area (Å²) in [5, 5.41) is 4.15. The monoisotopic (exact) mass is 433 g/mol. The molecule has 2 aliphatic rings. The van der Waals surface area contributed by atoms with E-state index in [0.717, 1.165) is 16.9 Å². The lowest BCUT2D eigenvalue weighted by Gasteiger charge is -2.45. The third kappa shape index (κ3) is 3.77. The van der Waals surface area contributed by atoms with Gasteiger partial charge in [0.15, 0.2) is 5.82 Å². The number of amides is 1. The Kier molecular flexibility index (Phi) is 5.66. The molecule has 1 aromatic heterocycles. The molecule has 1 amide bonds. The van der Waals surface area contributed by atoms with Crippen LogP contribution in [0.1, 0.15) is 41.6 Å². The lowest BCUT2D eigenvalue weighted by molar-refractivity contribution is -0.146. The fraction of sp³-hybridized carbons (Fsp3) is 0.400. The molecule has 2 aromatic carbocycles. The van der Waals surface area contributed by atoms with Gasteiger partial charge in [0.2, 0.25) is 11.8 Å². The van der Waals surface area contributed by atoms with E-state index in [2.05, 4.69) is 22.3 Å². The van der Waals surface area contributed by atoms with Crippen LogP contribution in [0.5, 0.6) is 5.75 Å². The van der Waals surface area contributed by atoms with Gasteiger partial charge in [-0.3, -0.25) is 4.79 Å². The van der Waals surface area contributed by atoms with Gasteiger partial charge in [-0.1, -0.05) is 53.7 Å². The van der Waals surface area contributed by atoms with Crippen molar-refractivity contribution in [2.24, 2.45) is 0 Å². The summed E-state index contributed by atoms with van der Waals surface area (Å²) in [4.78, 5) is 20.1. The van der Waals surface area contributed by atoms with Crippen molar-refractivity contribution in [1.29, 1.82) is 0 Å². The first-order valence-corrected chi connectivity index (χ1v) is 11.1. The molecule has 0 aliphatic carbocycles. The van der Waals surface area contributed by atoms with E-state index in [1.807, 2.05) is 47.4 Å². The second-order valence-electron chi connectivity index (χ2n) is 8.51. The number of hydrogen-bond donors (Lipinski definition) is 0. The summed E-state index contributed by atoms with van der Waals surface area (Å²) < 4.78 is 16.5. The lowest BCUT2D eigenvalue weighted by Crippen LogP contribution is -2.57. The predicted molar refractivity (Wildman–Crippen MR) is 118 cm³/mol. The first kappa shape index (κ1) is 20.7. The fourth-order valence-electron chi connectivity index (χ4n) is 4.73. The number of methoxy groups -OCH3 is 1. The molecule has 2 saturated heterocycles. The van der Waals surface area contributed by atoms with Crippen molar-refractivity contribution in [1.82, 2.24) is 15.0 Å². The van der Waals surface area contributed by atoms with Gasteiger partial charge < -0.3 is 18.9 Å². The van der Waals surface area contributed by atoms with Crippen LogP contribution in [0.25, 0.3) is 0 Å². The Bertz CT molecular complexity index is 1070. The van der Waals surface area contributed by atoms with E-state index in [1.165, 1.54) is 0 Å². The number of rotatable bonds is 6. The Labute approximate surface area is 187 Å². The van der Waals surface area contributed by atoms with Crippen LogP contribution >= 0.6 is 0 Å². The number of para-hydroxylation sites is 1. The van der Waals surface area contributed by atoms with Gasteiger partial charge in [-0.05, 0) is 24.5 Å². The molecule has 0 spiro atoms. The average Bonchev–Trinajstić information content (AvgIpc) is 3.27. The topological polar surface area (TPSA) is 77.7 Å². The van der Waals surface area contributed by atoms with Crippen LogP contribution in [0.4, 0.5) is 0 Å². The third-order valence-electron chi connectivity index (χ3n) is 6.62. The van der Waals surface area contributed by atoms with E-state index < -0.39 is 5.41 Å². The SMILES string of the molecule is COc1ccccc1Cc1noc(C2CN(C(=O)C3(c4ccccc4)CCOCC3)C2)n1. The van der Waals surface area contributed by atoms with Gasteiger partial charge in [0.05, 0.1) is 18.4 Å². The molecule has 0 unspecified atom stereocenters. The number of benzene rings is 2. The van der Waals surface area contributed by atoms with E-state index >= 15 is 0 Å². The summed E-state index contributed by atoms with van der Waals surface area (Å²) in [6, 6.07) is 17.9. The summed E-state index contributed by atoms with van der Waals surface area (Å²) >= 11 is 0. The molecular formula is C25H27N3O4. The van der Waals surface area contributed by atoms with Crippen molar-refractivity contribution < 1.29 is 18.8 Å².